The Labute approximate surface area is 118 Å². The molecule has 110 valence electrons. The fraction of sp³-hybridized carbons (Fsp3) is 0.533. The van der Waals surface area contributed by atoms with Gasteiger partial charge in [0.2, 0.25) is 0 Å². The van der Waals surface area contributed by atoms with Gasteiger partial charge in [0, 0.05) is 19.1 Å². The van der Waals surface area contributed by atoms with E-state index in [-0.39, 0.29) is 6.42 Å². The Hall–Kier alpha value is -1.59. The second kappa shape index (κ2) is 6.72. The van der Waals surface area contributed by atoms with Crippen LogP contribution in [0.2, 0.25) is 0 Å². The van der Waals surface area contributed by atoms with Gasteiger partial charge in [-0.1, -0.05) is 12.1 Å². The zero-order valence-electron chi connectivity index (χ0n) is 11.7. The molecule has 0 spiro atoms. The monoisotopic (exact) mass is 279 g/mol. The molecule has 0 amide bonds. The molecule has 0 saturated heterocycles. The molecular formula is C15H21NO4. The van der Waals surface area contributed by atoms with Crippen LogP contribution >= 0.6 is 0 Å². The molecule has 1 atom stereocenters. The lowest BCUT2D eigenvalue weighted by Crippen LogP contribution is -2.32. The molecule has 0 radical (unpaired) electrons. The van der Waals surface area contributed by atoms with Crippen LogP contribution in [0.25, 0.3) is 0 Å². The predicted octanol–water partition coefficient (Wildman–Crippen LogP) is 1.67. The molecule has 1 saturated carbocycles. The van der Waals surface area contributed by atoms with Gasteiger partial charge in [-0.25, -0.2) is 0 Å². The summed E-state index contributed by atoms with van der Waals surface area (Å²) in [7, 11) is 1.59. The smallest absolute Gasteiger partial charge is 0.304 e. The largest absolute Gasteiger partial charge is 0.497 e. The van der Waals surface area contributed by atoms with E-state index in [1.807, 2.05) is 24.3 Å². The Morgan fingerprint density at radius 2 is 2.25 bits per heavy atom. The summed E-state index contributed by atoms with van der Waals surface area (Å²) >= 11 is 0. The Morgan fingerprint density at radius 1 is 1.50 bits per heavy atom. The molecular weight excluding hydrogens is 258 g/mol. The van der Waals surface area contributed by atoms with E-state index in [0.717, 1.165) is 18.4 Å². The van der Waals surface area contributed by atoms with Crippen molar-refractivity contribution < 1.29 is 19.7 Å². The van der Waals surface area contributed by atoms with Gasteiger partial charge >= 0.3 is 5.97 Å². The van der Waals surface area contributed by atoms with Gasteiger partial charge < -0.3 is 14.9 Å². The molecule has 1 aromatic carbocycles. The molecule has 0 aromatic heterocycles. The molecule has 5 nitrogen and oxygen atoms in total. The average molecular weight is 279 g/mol. The highest BCUT2D eigenvalue weighted by atomic mass is 16.5. The summed E-state index contributed by atoms with van der Waals surface area (Å²) < 4.78 is 5.15. The lowest BCUT2D eigenvalue weighted by Gasteiger charge is -2.24. The first-order chi connectivity index (χ1) is 9.60. The van der Waals surface area contributed by atoms with E-state index in [1.165, 1.54) is 0 Å². The van der Waals surface area contributed by atoms with Crippen LogP contribution in [0.1, 0.15) is 30.9 Å². The van der Waals surface area contributed by atoms with Crippen molar-refractivity contribution in [1.29, 1.82) is 0 Å². The first kappa shape index (κ1) is 14.8. The van der Waals surface area contributed by atoms with Crippen molar-refractivity contribution >= 4 is 5.97 Å². The van der Waals surface area contributed by atoms with Crippen molar-refractivity contribution in [1.82, 2.24) is 4.90 Å². The van der Waals surface area contributed by atoms with Gasteiger partial charge in [-0.05, 0) is 30.5 Å². The number of carbonyl (C=O) groups is 1. The lowest BCUT2D eigenvalue weighted by atomic mass is 10.1. The minimum absolute atomic E-state index is 0.112. The van der Waals surface area contributed by atoms with E-state index < -0.39 is 12.1 Å². The van der Waals surface area contributed by atoms with Gasteiger partial charge in [-0.3, -0.25) is 9.69 Å². The fourth-order valence-corrected chi connectivity index (χ4v) is 2.28. The summed E-state index contributed by atoms with van der Waals surface area (Å²) in [6.45, 7) is 0.951. The number of methoxy groups -OCH3 is 1. The summed E-state index contributed by atoms with van der Waals surface area (Å²) in [5.41, 5.74) is 0.797. The molecule has 1 aliphatic rings. The minimum Gasteiger partial charge on any atom is -0.497 e. The van der Waals surface area contributed by atoms with E-state index in [4.69, 9.17) is 9.84 Å². The van der Waals surface area contributed by atoms with E-state index in [1.54, 1.807) is 7.11 Å². The van der Waals surface area contributed by atoms with Gasteiger partial charge in [-0.2, -0.15) is 0 Å². The molecule has 0 aliphatic heterocycles. The van der Waals surface area contributed by atoms with Crippen LogP contribution in [0, 0.1) is 0 Å². The normalized spacial score (nSPS) is 16.1. The van der Waals surface area contributed by atoms with Crippen LogP contribution in [0.5, 0.6) is 5.75 Å². The number of aliphatic carboxylic acids is 1. The Morgan fingerprint density at radius 3 is 2.85 bits per heavy atom. The molecule has 5 heteroatoms. The second-order valence-electron chi connectivity index (χ2n) is 5.16. The SMILES string of the molecule is COc1cccc(C(O)CN(CCC(=O)O)C2CC2)c1. The van der Waals surface area contributed by atoms with Crippen molar-refractivity contribution in [2.45, 2.75) is 31.4 Å². The number of hydrogen-bond acceptors (Lipinski definition) is 4. The van der Waals surface area contributed by atoms with Crippen molar-refractivity contribution in [3.05, 3.63) is 29.8 Å². The maximum absolute atomic E-state index is 10.7. The van der Waals surface area contributed by atoms with Crippen molar-refractivity contribution in [3.8, 4) is 5.75 Å². The summed E-state index contributed by atoms with van der Waals surface area (Å²) in [6.07, 6.45) is 1.66. The zero-order valence-corrected chi connectivity index (χ0v) is 11.7. The molecule has 2 rings (SSSR count). The summed E-state index contributed by atoms with van der Waals surface area (Å²) in [4.78, 5) is 12.7. The lowest BCUT2D eigenvalue weighted by molar-refractivity contribution is -0.137. The van der Waals surface area contributed by atoms with Crippen LogP contribution < -0.4 is 4.74 Å². The minimum atomic E-state index is -0.800. The third-order valence-electron chi connectivity index (χ3n) is 3.56. The maximum atomic E-state index is 10.7. The van der Waals surface area contributed by atoms with Crippen LogP contribution in [0.4, 0.5) is 0 Å². The van der Waals surface area contributed by atoms with Crippen molar-refractivity contribution in [2.24, 2.45) is 0 Å². The van der Waals surface area contributed by atoms with Crippen molar-refractivity contribution in [3.63, 3.8) is 0 Å². The highest BCUT2D eigenvalue weighted by Gasteiger charge is 2.30. The number of ether oxygens (including phenoxy) is 1. The molecule has 1 aliphatic carbocycles. The van der Waals surface area contributed by atoms with E-state index in [0.29, 0.717) is 24.9 Å². The molecule has 1 aromatic rings. The van der Waals surface area contributed by atoms with E-state index in [2.05, 4.69) is 4.90 Å². The van der Waals surface area contributed by atoms with Crippen molar-refractivity contribution in [2.75, 3.05) is 20.2 Å². The number of aliphatic hydroxyl groups excluding tert-OH is 1. The Kier molecular flexibility index (Phi) is 4.98. The first-order valence-corrected chi connectivity index (χ1v) is 6.88. The van der Waals surface area contributed by atoms with E-state index >= 15 is 0 Å². The molecule has 0 bridgehead atoms. The summed E-state index contributed by atoms with van der Waals surface area (Å²) in [5.74, 6) is -0.0865. The number of nitrogens with zero attached hydrogens (tertiary/aromatic N) is 1. The Bertz CT molecular complexity index is 459. The summed E-state index contributed by atoms with van der Waals surface area (Å²) in [6, 6.07) is 7.77. The quantitative estimate of drug-likeness (QED) is 0.757. The average Bonchev–Trinajstić information content (AvgIpc) is 3.27. The molecule has 20 heavy (non-hydrogen) atoms. The highest BCUT2D eigenvalue weighted by molar-refractivity contribution is 5.66. The van der Waals surface area contributed by atoms with Gasteiger partial charge in [0.25, 0.3) is 0 Å². The number of hydrogen-bond donors (Lipinski definition) is 2. The third kappa shape index (κ3) is 4.21. The molecule has 0 heterocycles. The van der Waals surface area contributed by atoms with Gasteiger partial charge in [-0.15, -0.1) is 0 Å². The maximum Gasteiger partial charge on any atom is 0.304 e. The molecule has 1 fully saturated rings. The van der Waals surface area contributed by atoms with E-state index in [9.17, 15) is 9.90 Å². The number of aliphatic hydroxyl groups is 1. The number of carboxylic acids is 1. The van der Waals surface area contributed by atoms with Crippen LogP contribution in [-0.4, -0.2) is 47.3 Å². The predicted molar refractivity (Wildman–Crippen MR) is 74.8 cm³/mol. The summed E-state index contributed by atoms with van der Waals surface area (Å²) in [5, 5.41) is 19.1. The number of rotatable bonds is 8. The third-order valence-corrected chi connectivity index (χ3v) is 3.56. The van der Waals surface area contributed by atoms with Crippen LogP contribution in [0.15, 0.2) is 24.3 Å². The number of carboxylic acid groups (broad SMARTS) is 1. The Balaban J connectivity index is 1.96. The molecule has 1 unspecified atom stereocenters. The van der Waals surface area contributed by atoms with Gasteiger partial charge in [0.1, 0.15) is 5.75 Å². The fourth-order valence-electron chi connectivity index (χ4n) is 2.28. The first-order valence-electron chi connectivity index (χ1n) is 6.88. The van der Waals surface area contributed by atoms with Gasteiger partial charge in [0.05, 0.1) is 19.6 Å². The van der Waals surface area contributed by atoms with Crippen LogP contribution in [0.3, 0.4) is 0 Å². The highest BCUT2D eigenvalue weighted by Crippen LogP contribution is 2.29. The van der Waals surface area contributed by atoms with Gasteiger partial charge in [0.15, 0.2) is 0 Å². The second-order valence-corrected chi connectivity index (χ2v) is 5.16. The topological polar surface area (TPSA) is 70.0 Å². The van der Waals surface area contributed by atoms with Crippen LogP contribution in [-0.2, 0) is 4.79 Å². The number of benzene rings is 1. The standard InChI is InChI=1S/C15H21NO4/c1-20-13-4-2-3-11(9-13)14(17)10-16(12-5-6-12)8-7-15(18)19/h2-4,9,12,14,17H,5-8,10H2,1H3,(H,18,19). The zero-order chi connectivity index (χ0) is 14.5. The molecule has 2 N–H and O–H groups in total.